The molecule has 1 N–H and O–H groups in total. The van der Waals surface area contributed by atoms with Crippen molar-refractivity contribution in [3.05, 3.63) is 29.7 Å². The first-order chi connectivity index (χ1) is 9.63. The molecule has 1 heterocycles. The third-order valence-corrected chi connectivity index (χ3v) is 5.58. The van der Waals surface area contributed by atoms with Gasteiger partial charge in [0.15, 0.2) is 0 Å². The molecule has 4 aliphatic carbocycles. The molecule has 4 saturated carbocycles. The van der Waals surface area contributed by atoms with Crippen molar-refractivity contribution in [1.82, 2.24) is 0 Å². The van der Waals surface area contributed by atoms with Crippen LogP contribution in [0.3, 0.4) is 0 Å². The Balaban J connectivity index is 1.62. The number of furan rings is 1. The van der Waals surface area contributed by atoms with E-state index in [1.807, 2.05) is 6.07 Å². The van der Waals surface area contributed by atoms with E-state index in [1.165, 1.54) is 38.5 Å². The van der Waals surface area contributed by atoms with Gasteiger partial charge < -0.3 is 9.52 Å². The smallest absolute Gasteiger partial charge is 0.328 e. The van der Waals surface area contributed by atoms with Gasteiger partial charge in [0, 0.05) is 11.5 Å². The molecule has 0 atom stereocenters. The van der Waals surface area contributed by atoms with E-state index in [4.69, 9.17) is 9.52 Å². The highest BCUT2D eigenvalue weighted by atomic mass is 16.4. The molecule has 3 heteroatoms. The first-order valence-corrected chi connectivity index (χ1v) is 7.64. The Hall–Kier alpha value is -1.51. The minimum absolute atomic E-state index is 0.254. The molecule has 4 fully saturated rings. The molecule has 20 heavy (non-hydrogen) atoms. The molecule has 1 aromatic rings. The van der Waals surface area contributed by atoms with Crippen LogP contribution in [0.5, 0.6) is 0 Å². The van der Waals surface area contributed by atoms with Gasteiger partial charge in [0.2, 0.25) is 0 Å². The van der Waals surface area contributed by atoms with Gasteiger partial charge in [-0.2, -0.15) is 0 Å². The highest BCUT2D eigenvalue weighted by Crippen LogP contribution is 2.60. The van der Waals surface area contributed by atoms with Crippen LogP contribution in [0.2, 0.25) is 0 Å². The summed E-state index contributed by atoms with van der Waals surface area (Å²) in [6, 6.07) is 3.99. The van der Waals surface area contributed by atoms with Crippen LogP contribution in [-0.4, -0.2) is 11.1 Å². The van der Waals surface area contributed by atoms with Gasteiger partial charge in [-0.15, -0.1) is 0 Å². The molecule has 0 spiro atoms. The summed E-state index contributed by atoms with van der Waals surface area (Å²) in [5.41, 5.74) is 0.254. The maximum Gasteiger partial charge on any atom is 0.328 e. The highest BCUT2D eigenvalue weighted by molar-refractivity contribution is 5.84. The lowest BCUT2D eigenvalue weighted by atomic mass is 9.49. The molecule has 1 aromatic heterocycles. The van der Waals surface area contributed by atoms with E-state index in [-0.39, 0.29) is 5.41 Å². The van der Waals surface area contributed by atoms with E-state index in [2.05, 4.69) is 6.07 Å². The van der Waals surface area contributed by atoms with Crippen LogP contribution in [0.25, 0.3) is 6.08 Å². The summed E-state index contributed by atoms with van der Waals surface area (Å²) in [5, 5.41) is 8.68. The quantitative estimate of drug-likeness (QED) is 0.850. The lowest BCUT2D eigenvalue weighted by Crippen LogP contribution is -2.48. The SMILES string of the molecule is O=C(O)/C=C/c1ccc(C23CC4CC(CC(C4)C2)C3)o1. The molecule has 0 aromatic carbocycles. The summed E-state index contributed by atoms with van der Waals surface area (Å²) in [7, 11) is 0. The van der Waals surface area contributed by atoms with Crippen molar-refractivity contribution < 1.29 is 14.3 Å². The van der Waals surface area contributed by atoms with E-state index in [1.54, 1.807) is 6.08 Å². The van der Waals surface area contributed by atoms with Crippen molar-refractivity contribution >= 4 is 12.0 Å². The number of hydrogen-bond acceptors (Lipinski definition) is 2. The predicted molar refractivity (Wildman–Crippen MR) is 75.2 cm³/mol. The minimum Gasteiger partial charge on any atom is -0.478 e. The number of hydrogen-bond donors (Lipinski definition) is 1. The third kappa shape index (κ3) is 1.91. The van der Waals surface area contributed by atoms with Gasteiger partial charge in [0.05, 0.1) is 0 Å². The topological polar surface area (TPSA) is 50.4 Å². The van der Waals surface area contributed by atoms with Gasteiger partial charge in [0.1, 0.15) is 11.5 Å². The lowest BCUT2D eigenvalue weighted by molar-refractivity contribution is -0.131. The van der Waals surface area contributed by atoms with Gasteiger partial charge in [-0.25, -0.2) is 4.79 Å². The molecule has 4 aliphatic rings. The first kappa shape index (κ1) is 12.2. The number of rotatable bonds is 3. The fourth-order valence-electron chi connectivity index (χ4n) is 5.29. The zero-order valence-electron chi connectivity index (χ0n) is 11.5. The summed E-state index contributed by atoms with van der Waals surface area (Å²) >= 11 is 0. The van der Waals surface area contributed by atoms with E-state index >= 15 is 0 Å². The summed E-state index contributed by atoms with van der Waals surface area (Å²) in [6.45, 7) is 0. The van der Waals surface area contributed by atoms with Gasteiger partial charge in [0.25, 0.3) is 0 Å². The van der Waals surface area contributed by atoms with Crippen molar-refractivity contribution in [3.8, 4) is 0 Å². The molecule has 0 saturated heterocycles. The normalized spacial score (nSPS) is 38.7. The van der Waals surface area contributed by atoms with E-state index in [9.17, 15) is 4.79 Å². The van der Waals surface area contributed by atoms with Crippen LogP contribution in [0.4, 0.5) is 0 Å². The second-order valence-electron chi connectivity index (χ2n) is 7.07. The van der Waals surface area contributed by atoms with Crippen molar-refractivity contribution in [2.75, 3.05) is 0 Å². The maximum absolute atomic E-state index is 10.6. The second kappa shape index (κ2) is 4.24. The monoisotopic (exact) mass is 272 g/mol. The van der Waals surface area contributed by atoms with Crippen molar-refractivity contribution in [3.63, 3.8) is 0 Å². The van der Waals surface area contributed by atoms with Crippen LogP contribution in [0, 0.1) is 17.8 Å². The molecule has 4 bridgehead atoms. The van der Waals surface area contributed by atoms with E-state index in [0.717, 1.165) is 29.6 Å². The van der Waals surface area contributed by atoms with Crippen molar-refractivity contribution in [2.24, 2.45) is 17.8 Å². The summed E-state index contributed by atoms with van der Waals surface area (Å²) < 4.78 is 5.97. The zero-order valence-corrected chi connectivity index (χ0v) is 11.5. The number of aliphatic carboxylic acids is 1. The Kier molecular flexibility index (Phi) is 2.60. The number of carboxylic acids is 1. The maximum atomic E-state index is 10.6. The van der Waals surface area contributed by atoms with Crippen LogP contribution in [0.1, 0.15) is 50.0 Å². The second-order valence-corrected chi connectivity index (χ2v) is 7.07. The average Bonchev–Trinajstić information content (AvgIpc) is 2.84. The molecule has 3 nitrogen and oxygen atoms in total. The first-order valence-electron chi connectivity index (χ1n) is 7.64. The van der Waals surface area contributed by atoms with Gasteiger partial charge in [-0.05, 0) is 74.5 Å². The summed E-state index contributed by atoms with van der Waals surface area (Å²) in [4.78, 5) is 10.6. The van der Waals surface area contributed by atoms with Gasteiger partial charge in [-0.3, -0.25) is 0 Å². The van der Waals surface area contributed by atoms with E-state index in [0.29, 0.717) is 5.76 Å². The van der Waals surface area contributed by atoms with Gasteiger partial charge >= 0.3 is 5.97 Å². The molecular weight excluding hydrogens is 252 g/mol. The molecular formula is C17H20O3. The Labute approximate surface area is 118 Å². The Morgan fingerprint density at radius 2 is 1.75 bits per heavy atom. The molecule has 0 aliphatic heterocycles. The third-order valence-electron chi connectivity index (χ3n) is 5.58. The number of carbonyl (C=O) groups is 1. The molecule has 0 unspecified atom stereocenters. The Morgan fingerprint density at radius 3 is 2.30 bits per heavy atom. The number of carboxylic acid groups (broad SMARTS) is 1. The van der Waals surface area contributed by atoms with Crippen molar-refractivity contribution in [2.45, 2.75) is 43.9 Å². The average molecular weight is 272 g/mol. The molecule has 106 valence electrons. The van der Waals surface area contributed by atoms with Crippen molar-refractivity contribution in [1.29, 1.82) is 0 Å². The van der Waals surface area contributed by atoms with Crippen LogP contribution in [-0.2, 0) is 10.2 Å². The minimum atomic E-state index is -0.933. The largest absolute Gasteiger partial charge is 0.478 e. The fourth-order valence-corrected chi connectivity index (χ4v) is 5.29. The Morgan fingerprint density at radius 1 is 1.15 bits per heavy atom. The predicted octanol–water partition coefficient (Wildman–Crippen LogP) is 3.85. The zero-order chi connectivity index (χ0) is 13.7. The summed E-state index contributed by atoms with van der Waals surface area (Å²) in [5.74, 6) is 3.51. The van der Waals surface area contributed by atoms with Crippen LogP contribution in [0.15, 0.2) is 22.6 Å². The van der Waals surface area contributed by atoms with Crippen LogP contribution < -0.4 is 0 Å². The van der Waals surface area contributed by atoms with Gasteiger partial charge in [-0.1, -0.05) is 0 Å². The standard InChI is InChI=1S/C17H20O3/c18-16(19)4-2-14-1-3-15(20-14)17-8-11-5-12(9-17)7-13(6-11)10-17/h1-4,11-13H,5-10H2,(H,18,19)/b4-2+. The highest BCUT2D eigenvalue weighted by Gasteiger charge is 2.53. The fraction of sp³-hybridized carbons (Fsp3) is 0.588. The lowest BCUT2D eigenvalue weighted by Gasteiger charge is -2.55. The molecule has 5 rings (SSSR count). The van der Waals surface area contributed by atoms with E-state index < -0.39 is 5.97 Å². The summed E-state index contributed by atoms with van der Waals surface area (Å²) in [6.07, 6.45) is 10.8. The Bertz CT molecular complexity index is 531. The molecule has 0 radical (unpaired) electrons. The van der Waals surface area contributed by atoms with Crippen LogP contribution >= 0.6 is 0 Å². The molecule has 0 amide bonds.